The molecule has 1 amide bonds. The molecule has 2 aliphatic heterocycles. The minimum absolute atomic E-state index is 0.221. The van der Waals surface area contributed by atoms with Crippen LogP contribution in [0.25, 0.3) is 0 Å². The average Bonchev–Trinajstić information content (AvgIpc) is 3.24. The molecule has 3 rings (SSSR count). The Morgan fingerprint density at radius 3 is 2.65 bits per heavy atom. The van der Waals surface area contributed by atoms with Crippen molar-refractivity contribution in [3.63, 3.8) is 0 Å². The number of allylic oxidation sites excluding steroid dienone is 2. The molecule has 1 unspecified atom stereocenters. The maximum absolute atomic E-state index is 10.8. The predicted octanol–water partition coefficient (Wildman–Crippen LogP) is 3.88. The van der Waals surface area contributed by atoms with Crippen molar-refractivity contribution in [1.29, 1.82) is 0 Å². The first kappa shape index (κ1) is 19.6. The summed E-state index contributed by atoms with van der Waals surface area (Å²) >= 11 is 0. The molecule has 3 N–H and O–H groups in total. The maximum atomic E-state index is 10.8. The molecule has 0 aromatic rings. The number of ether oxygens (including phenoxy) is 1. The first-order chi connectivity index (χ1) is 12.6. The fourth-order valence-electron chi connectivity index (χ4n) is 5.03. The van der Waals surface area contributed by atoms with Crippen LogP contribution in [0.15, 0.2) is 24.3 Å². The zero-order valence-electron chi connectivity index (χ0n) is 15.9. The Morgan fingerprint density at radius 1 is 1.12 bits per heavy atom. The smallest absolute Gasteiger partial charge is 0.217 e. The van der Waals surface area contributed by atoms with Crippen molar-refractivity contribution in [2.24, 2.45) is 23.5 Å². The highest BCUT2D eigenvalue weighted by Gasteiger charge is 2.46. The summed E-state index contributed by atoms with van der Waals surface area (Å²) in [4.78, 5) is 10.8. The van der Waals surface area contributed by atoms with Crippen molar-refractivity contribution in [2.75, 3.05) is 0 Å². The van der Waals surface area contributed by atoms with E-state index in [1.807, 2.05) is 0 Å². The number of rotatable bonds is 9. The van der Waals surface area contributed by atoms with Gasteiger partial charge in [0.25, 0.3) is 0 Å². The SMILES string of the molecule is NC(=O)CCC/C=C\C[C@H]1[C@H](/C=C/C(O)C2CCCCC2)[C@@H]2CC[C@H]1O2. The molecule has 26 heavy (non-hydrogen) atoms. The van der Waals surface area contributed by atoms with E-state index < -0.39 is 0 Å². The molecule has 5 atom stereocenters. The van der Waals surface area contributed by atoms with E-state index in [1.54, 1.807) is 0 Å². The normalized spacial score (nSPS) is 33.4. The number of aliphatic hydroxyl groups excluding tert-OH is 1. The fraction of sp³-hybridized carbons (Fsp3) is 0.773. The van der Waals surface area contributed by atoms with Gasteiger partial charge in [-0.2, -0.15) is 0 Å². The first-order valence-electron chi connectivity index (χ1n) is 10.6. The standard InChI is InChI=1S/C22H35NO3/c23-22(25)11-7-2-1-6-10-17-18(21-15-14-20(17)26-21)12-13-19(24)16-8-4-3-5-9-16/h1,6,12-13,16-21,24H,2-5,7-11,14-15H2,(H2,23,25)/b6-1-,13-12+/t17-,18-,19?,20+,21-/m0/s1. The van der Waals surface area contributed by atoms with E-state index in [0.717, 1.165) is 38.5 Å². The van der Waals surface area contributed by atoms with Crippen LogP contribution in [0.5, 0.6) is 0 Å². The van der Waals surface area contributed by atoms with Gasteiger partial charge in [-0.05, 0) is 56.8 Å². The second-order valence-corrected chi connectivity index (χ2v) is 8.37. The lowest BCUT2D eigenvalue weighted by Gasteiger charge is -2.27. The Hall–Kier alpha value is -1.13. The predicted molar refractivity (Wildman–Crippen MR) is 103 cm³/mol. The third kappa shape index (κ3) is 5.20. The van der Waals surface area contributed by atoms with Crippen molar-refractivity contribution in [3.05, 3.63) is 24.3 Å². The molecule has 4 nitrogen and oxygen atoms in total. The van der Waals surface area contributed by atoms with Crippen LogP contribution in [0.1, 0.15) is 70.6 Å². The number of amides is 1. The lowest BCUT2D eigenvalue weighted by Crippen LogP contribution is -2.26. The minimum Gasteiger partial charge on any atom is -0.389 e. The van der Waals surface area contributed by atoms with E-state index in [4.69, 9.17) is 10.5 Å². The Morgan fingerprint density at radius 2 is 1.88 bits per heavy atom. The van der Waals surface area contributed by atoms with E-state index in [2.05, 4.69) is 24.3 Å². The lowest BCUT2D eigenvalue weighted by molar-refractivity contribution is -0.118. The van der Waals surface area contributed by atoms with Crippen LogP contribution in [0.3, 0.4) is 0 Å². The van der Waals surface area contributed by atoms with Crippen LogP contribution < -0.4 is 5.73 Å². The molecule has 0 aromatic carbocycles. The van der Waals surface area contributed by atoms with Crippen molar-refractivity contribution in [1.82, 2.24) is 0 Å². The monoisotopic (exact) mass is 361 g/mol. The van der Waals surface area contributed by atoms with Gasteiger partial charge in [0.1, 0.15) is 0 Å². The lowest BCUT2D eigenvalue weighted by atomic mass is 9.76. The Labute approximate surface area is 157 Å². The van der Waals surface area contributed by atoms with Crippen LogP contribution >= 0.6 is 0 Å². The van der Waals surface area contributed by atoms with Crippen LogP contribution in [-0.2, 0) is 9.53 Å². The highest BCUT2D eigenvalue weighted by Crippen LogP contribution is 2.46. The molecule has 4 heteroatoms. The van der Waals surface area contributed by atoms with E-state index in [1.165, 1.54) is 25.7 Å². The zero-order valence-corrected chi connectivity index (χ0v) is 15.9. The first-order valence-corrected chi connectivity index (χ1v) is 10.6. The van der Waals surface area contributed by atoms with Crippen molar-refractivity contribution < 1.29 is 14.6 Å². The number of fused-ring (bicyclic) bond motifs is 2. The van der Waals surface area contributed by atoms with Gasteiger partial charge in [-0.15, -0.1) is 0 Å². The van der Waals surface area contributed by atoms with Gasteiger partial charge in [-0.3, -0.25) is 4.79 Å². The quantitative estimate of drug-likeness (QED) is 0.483. The Bertz CT molecular complexity index is 510. The second-order valence-electron chi connectivity index (χ2n) is 8.37. The van der Waals surface area contributed by atoms with Crippen molar-refractivity contribution in [3.8, 4) is 0 Å². The summed E-state index contributed by atoms with van der Waals surface area (Å²) in [6.45, 7) is 0. The van der Waals surface area contributed by atoms with Gasteiger partial charge in [0.05, 0.1) is 18.3 Å². The van der Waals surface area contributed by atoms with Gasteiger partial charge in [0, 0.05) is 12.3 Å². The van der Waals surface area contributed by atoms with Crippen molar-refractivity contribution >= 4 is 5.91 Å². The minimum atomic E-state index is -0.292. The van der Waals surface area contributed by atoms with Gasteiger partial charge < -0.3 is 15.6 Å². The van der Waals surface area contributed by atoms with E-state index >= 15 is 0 Å². The molecular weight excluding hydrogens is 326 g/mol. The summed E-state index contributed by atoms with van der Waals surface area (Å²) in [5, 5.41) is 10.5. The summed E-state index contributed by atoms with van der Waals surface area (Å²) in [6.07, 6.45) is 20.9. The number of carbonyl (C=O) groups is 1. The molecule has 2 heterocycles. The number of unbranched alkanes of at least 4 members (excludes halogenated alkanes) is 1. The van der Waals surface area contributed by atoms with Crippen LogP contribution in [0, 0.1) is 17.8 Å². The van der Waals surface area contributed by atoms with Crippen LogP contribution in [0.4, 0.5) is 0 Å². The second kappa shape index (κ2) is 9.70. The highest BCUT2D eigenvalue weighted by molar-refractivity contribution is 5.73. The summed E-state index contributed by atoms with van der Waals surface area (Å²) < 4.78 is 6.16. The summed E-state index contributed by atoms with van der Waals surface area (Å²) in [5.41, 5.74) is 5.17. The Balaban J connectivity index is 1.49. The molecule has 0 radical (unpaired) electrons. The number of aliphatic hydroxyl groups is 1. The van der Waals surface area contributed by atoms with Crippen LogP contribution in [-0.4, -0.2) is 29.3 Å². The molecule has 3 fully saturated rings. The molecule has 1 aliphatic carbocycles. The van der Waals surface area contributed by atoms with Crippen molar-refractivity contribution in [2.45, 2.75) is 88.9 Å². The van der Waals surface area contributed by atoms with E-state index in [-0.39, 0.29) is 12.0 Å². The molecule has 146 valence electrons. The van der Waals surface area contributed by atoms with Gasteiger partial charge in [-0.1, -0.05) is 43.6 Å². The summed E-state index contributed by atoms with van der Waals surface area (Å²) in [5.74, 6) is 1.18. The Kier molecular flexibility index (Phi) is 7.32. The highest BCUT2D eigenvalue weighted by atomic mass is 16.5. The molecule has 2 bridgehead atoms. The number of nitrogens with two attached hydrogens (primary N) is 1. The summed E-state index contributed by atoms with van der Waals surface area (Å²) in [7, 11) is 0. The number of primary amides is 1. The molecule has 0 aromatic heterocycles. The number of hydrogen-bond donors (Lipinski definition) is 2. The largest absolute Gasteiger partial charge is 0.389 e. The topological polar surface area (TPSA) is 72.6 Å². The third-order valence-electron chi connectivity index (χ3n) is 6.52. The third-order valence-corrected chi connectivity index (χ3v) is 6.52. The van der Waals surface area contributed by atoms with Gasteiger partial charge >= 0.3 is 0 Å². The van der Waals surface area contributed by atoms with E-state index in [0.29, 0.717) is 36.4 Å². The molecule has 2 saturated heterocycles. The maximum Gasteiger partial charge on any atom is 0.217 e. The fourth-order valence-corrected chi connectivity index (χ4v) is 5.03. The van der Waals surface area contributed by atoms with Gasteiger partial charge in [0.15, 0.2) is 0 Å². The van der Waals surface area contributed by atoms with Gasteiger partial charge in [0.2, 0.25) is 5.91 Å². The average molecular weight is 362 g/mol. The van der Waals surface area contributed by atoms with Gasteiger partial charge in [-0.25, -0.2) is 0 Å². The van der Waals surface area contributed by atoms with E-state index in [9.17, 15) is 9.90 Å². The molecular formula is C22H35NO3. The zero-order chi connectivity index (χ0) is 18.4. The summed E-state index contributed by atoms with van der Waals surface area (Å²) in [6, 6.07) is 0. The number of carbonyl (C=O) groups excluding carboxylic acids is 1. The molecule has 0 spiro atoms. The number of hydrogen-bond acceptors (Lipinski definition) is 3. The molecule has 3 aliphatic rings. The molecule has 1 saturated carbocycles. The van der Waals surface area contributed by atoms with Crippen LogP contribution in [0.2, 0.25) is 0 Å².